The molecule has 10 nitrogen and oxygen atoms in total. The SMILES string of the molecule is COC(=O)c1c(-c2cc(OC)c(Cl)c(OC)c2)c2ccc(OCc3cc(OC)cc(OC)c3)cc2c(=O)n1-c1ccc(N)cc1. The molecule has 0 aliphatic heterocycles. The van der Waals surface area contributed by atoms with Gasteiger partial charge in [0, 0.05) is 23.0 Å². The van der Waals surface area contributed by atoms with Gasteiger partial charge in [0.05, 0.1) is 40.9 Å². The van der Waals surface area contributed by atoms with Crippen LogP contribution in [0.2, 0.25) is 5.02 Å². The number of carbonyl (C=O) groups is 1. The van der Waals surface area contributed by atoms with Crippen LogP contribution < -0.4 is 35.0 Å². The minimum atomic E-state index is -0.735. The molecule has 0 saturated carbocycles. The van der Waals surface area contributed by atoms with Gasteiger partial charge in [-0.25, -0.2) is 4.79 Å². The van der Waals surface area contributed by atoms with Crippen molar-refractivity contribution < 1.29 is 33.2 Å². The normalized spacial score (nSPS) is 10.8. The van der Waals surface area contributed by atoms with Crippen LogP contribution in [0.1, 0.15) is 16.1 Å². The number of nitrogens with zero attached hydrogens (tertiary/aromatic N) is 1. The fourth-order valence-corrected chi connectivity index (χ4v) is 5.31. The Bertz CT molecular complexity index is 1910. The number of anilines is 1. The Labute approximate surface area is 264 Å². The van der Waals surface area contributed by atoms with Crippen molar-refractivity contribution in [3.63, 3.8) is 0 Å². The van der Waals surface area contributed by atoms with E-state index in [1.807, 2.05) is 12.1 Å². The number of nitrogens with two attached hydrogens (primary N) is 1. The maximum atomic E-state index is 14.3. The van der Waals surface area contributed by atoms with E-state index >= 15 is 0 Å². The fourth-order valence-electron chi connectivity index (χ4n) is 5.05. The van der Waals surface area contributed by atoms with Crippen LogP contribution >= 0.6 is 11.6 Å². The zero-order chi connectivity index (χ0) is 32.2. The number of esters is 1. The highest BCUT2D eigenvalue weighted by Crippen LogP contribution is 2.42. The van der Waals surface area contributed by atoms with Gasteiger partial charge in [-0.15, -0.1) is 0 Å². The van der Waals surface area contributed by atoms with Gasteiger partial charge in [-0.3, -0.25) is 9.36 Å². The third-order valence-corrected chi connectivity index (χ3v) is 7.61. The lowest BCUT2D eigenvalue weighted by molar-refractivity contribution is 0.0591. The minimum absolute atomic E-state index is 0.0108. The van der Waals surface area contributed by atoms with E-state index in [4.69, 9.17) is 45.8 Å². The topological polar surface area (TPSA) is 120 Å². The second kappa shape index (κ2) is 13.1. The summed E-state index contributed by atoms with van der Waals surface area (Å²) in [5.74, 6) is 1.55. The number of rotatable bonds is 10. The molecule has 0 radical (unpaired) electrons. The zero-order valence-corrected chi connectivity index (χ0v) is 26.1. The van der Waals surface area contributed by atoms with E-state index in [9.17, 15) is 9.59 Å². The number of halogens is 1. The number of pyridine rings is 1. The molecule has 2 N–H and O–H groups in total. The van der Waals surface area contributed by atoms with Crippen molar-refractivity contribution in [2.45, 2.75) is 6.61 Å². The maximum Gasteiger partial charge on any atom is 0.355 e. The highest BCUT2D eigenvalue weighted by atomic mass is 35.5. The molecule has 232 valence electrons. The summed E-state index contributed by atoms with van der Waals surface area (Å²) in [5.41, 5.74) is 8.05. The molecule has 0 aliphatic carbocycles. The van der Waals surface area contributed by atoms with E-state index < -0.39 is 11.5 Å². The molecule has 0 unspecified atom stereocenters. The van der Waals surface area contributed by atoms with Gasteiger partial charge in [-0.1, -0.05) is 11.6 Å². The van der Waals surface area contributed by atoms with Crippen molar-refractivity contribution in [1.29, 1.82) is 0 Å². The first kappa shape index (κ1) is 31.1. The number of fused-ring (bicyclic) bond motifs is 1. The van der Waals surface area contributed by atoms with Gasteiger partial charge >= 0.3 is 5.97 Å². The van der Waals surface area contributed by atoms with Crippen LogP contribution in [-0.4, -0.2) is 46.1 Å². The van der Waals surface area contributed by atoms with Crippen molar-refractivity contribution in [2.75, 3.05) is 41.3 Å². The fraction of sp³-hybridized carbons (Fsp3) is 0.176. The Morgan fingerprint density at radius 1 is 0.756 bits per heavy atom. The molecule has 0 amide bonds. The van der Waals surface area contributed by atoms with Gasteiger partial charge in [-0.2, -0.15) is 0 Å². The van der Waals surface area contributed by atoms with Crippen LogP contribution in [0.25, 0.3) is 27.6 Å². The van der Waals surface area contributed by atoms with Gasteiger partial charge in [-0.05, 0) is 83.2 Å². The van der Waals surface area contributed by atoms with E-state index in [-0.39, 0.29) is 22.7 Å². The van der Waals surface area contributed by atoms with Crippen molar-refractivity contribution in [3.05, 3.63) is 99.4 Å². The average Bonchev–Trinajstić information content (AvgIpc) is 3.07. The molecule has 45 heavy (non-hydrogen) atoms. The van der Waals surface area contributed by atoms with Crippen molar-refractivity contribution >= 4 is 34.0 Å². The van der Waals surface area contributed by atoms with Crippen molar-refractivity contribution in [1.82, 2.24) is 4.57 Å². The predicted octanol–water partition coefficient (Wildman–Crippen LogP) is 6.29. The van der Waals surface area contributed by atoms with E-state index in [1.54, 1.807) is 74.9 Å². The summed E-state index contributed by atoms with van der Waals surface area (Å²) >= 11 is 6.49. The van der Waals surface area contributed by atoms with Crippen LogP contribution in [0, 0.1) is 0 Å². The quantitative estimate of drug-likeness (QED) is 0.140. The van der Waals surface area contributed by atoms with Gasteiger partial charge in [0.2, 0.25) is 0 Å². The maximum absolute atomic E-state index is 14.3. The Morgan fingerprint density at radius 3 is 1.93 bits per heavy atom. The summed E-state index contributed by atoms with van der Waals surface area (Å²) in [4.78, 5) is 27.8. The molecule has 0 spiro atoms. The number of aromatic nitrogens is 1. The highest BCUT2D eigenvalue weighted by molar-refractivity contribution is 6.33. The number of hydrogen-bond acceptors (Lipinski definition) is 9. The highest BCUT2D eigenvalue weighted by Gasteiger charge is 2.27. The lowest BCUT2D eigenvalue weighted by atomic mass is 9.95. The Kier molecular flexibility index (Phi) is 9.06. The number of carbonyl (C=O) groups excluding carboxylic acids is 1. The molecular weight excluding hydrogens is 600 g/mol. The molecule has 1 heterocycles. The number of nitrogen functional groups attached to an aromatic ring is 1. The zero-order valence-electron chi connectivity index (χ0n) is 25.3. The molecule has 5 aromatic rings. The minimum Gasteiger partial charge on any atom is -0.497 e. The second-order valence-electron chi connectivity index (χ2n) is 9.86. The summed E-state index contributed by atoms with van der Waals surface area (Å²) in [7, 11) is 7.34. The molecule has 11 heteroatoms. The van der Waals surface area contributed by atoms with Gasteiger partial charge < -0.3 is 34.2 Å². The third-order valence-electron chi connectivity index (χ3n) is 7.24. The molecule has 0 atom stereocenters. The first-order valence-electron chi connectivity index (χ1n) is 13.7. The molecule has 4 aromatic carbocycles. The average molecular weight is 631 g/mol. The van der Waals surface area contributed by atoms with E-state index in [0.29, 0.717) is 56.6 Å². The first-order chi connectivity index (χ1) is 21.7. The second-order valence-corrected chi connectivity index (χ2v) is 10.2. The van der Waals surface area contributed by atoms with Crippen LogP contribution in [-0.2, 0) is 11.3 Å². The molecule has 0 aliphatic rings. The molecule has 5 rings (SSSR count). The van der Waals surface area contributed by atoms with Gasteiger partial charge in [0.15, 0.2) is 0 Å². The number of ether oxygens (including phenoxy) is 6. The van der Waals surface area contributed by atoms with Crippen molar-refractivity contribution in [2.24, 2.45) is 0 Å². The molecular formula is C34H31ClN2O8. The van der Waals surface area contributed by atoms with E-state index in [0.717, 1.165) is 5.56 Å². The van der Waals surface area contributed by atoms with E-state index in [2.05, 4.69) is 0 Å². The van der Waals surface area contributed by atoms with Gasteiger partial charge in [0.25, 0.3) is 5.56 Å². The number of methoxy groups -OCH3 is 5. The summed E-state index contributed by atoms with van der Waals surface area (Å²) < 4.78 is 34.4. The summed E-state index contributed by atoms with van der Waals surface area (Å²) in [6.45, 7) is 0.171. The Balaban J connectivity index is 1.78. The van der Waals surface area contributed by atoms with Crippen LogP contribution in [0.4, 0.5) is 5.69 Å². The van der Waals surface area contributed by atoms with Gasteiger partial charge in [0.1, 0.15) is 46.1 Å². The molecule has 0 fully saturated rings. The van der Waals surface area contributed by atoms with E-state index in [1.165, 1.54) is 25.9 Å². The summed E-state index contributed by atoms with van der Waals surface area (Å²) in [6.07, 6.45) is 0. The summed E-state index contributed by atoms with van der Waals surface area (Å²) in [6, 6.07) is 20.4. The van der Waals surface area contributed by atoms with Crippen molar-refractivity contribution in [3.8, 4) is 45.6 Å². The summed E-state index contributed by atoms with van der Waals surface area (Å²) in [5, 5.41) is 1.00. The Morgan fingerprint density at radius 2 is 1.38 bits per heavy atom. The van der Waals surface area contributed by atoms with Crippen LogP contribution in [0.5, 0.6) is 28.7 Å². The number of hydrogen-bond donors (Lipinski definition) is 1. The largest absolute Gasteiger partial charge is 0.497 e. The first-order valence-corrected chi connectivity index (χ1v) is 14.0. The number of benzene rings is 4. The lowest BCUT2D eigenvalue weighted by Crippen LogP contribution is -2.27. The van der Waals surface area contributed by atoms with Crippen LogP contribution in [0.3, 0.4) is 0 Å². The monoisotopic (exact) mass is 630 g/mol. The standard InChI is InChI=1S/C34H31ClN2O8/c1-40-24-12-19(13-25(16-24)41-2)18-45-23-10-11-26-27(17-23)33(38)37(22-8-6-21(36)7-9-22)32(34(39)44-5)30(26)20-14-28(42-3)31(35)29(15-20)43-4/h6-17H,18,36H2,1-5H3. The molecule has 1 aromatic heterocycles. The molecule has 0 bridgehead atoms. The smallest absolute Gasteiger partial charge is 0.355 e. The third kappa shape index (κ3) is 6.05. The predicted molar refractivity (Wildman–Crippen MR) is 173 cm³/mol. The van der Waals surface area contributed by atoms with Crippen LogP contribution in [0.15, 0.2) is 77.6 Å². The lowest BCUT2D eigenvalue weighted by Gasteiger charge is -2.20. The molecule has 0 saturated heterocycles. The Hall–Kier alpha value is -5.35.